The Morgan fingerprint density at radius 2 is 1.69 bits per heavy atom. The summed E-state index contributed by atoms with van der Waals surface area (Å²) in [6.07, 6.45) is 1.60. The van der Waals surface area contributed by atoms with Crippen LogP contribution in [0.1, 0.15) is 42.6 Å². The van der Waals surface area contributed by atoms with Gasteiger partial charge in [-0.05, 0) is 47.9 Å². The number of carbonyl (C=O) groups excluding carboxylic acids is 2. The minimum atomic E-state index is -0.869. The molecular formula is C26H24N2O4. The van der Waals surface area contributed by atoms with Crippen LogP contribution in [0, 0.1) is 0 Å². The molecule has 4 rings (SSSR count). The zero-order valence-corrected chi connectivity index (χ0v) is 18.1. The lowest BCUT2D eigenvalue weighted by molar-refractivity contribution is -0.132. The highest BCUT2D eigenvalue weighted by Gasteiger charge is 2.47. The van der Waals surface area contributed by atoms with Crippen molar-refractivity contribution in [3.8, 4) is 5.75 Å². The molecule has 0 spiro atoms. The summed E-state index contributed by atoms with van der Waals surface area (Å²) < 4.78 is 5.36. The minimum absolute atomic E-state index is 0.0221. The lowest BCUT2D eigenvalue weighted by atomic mass is 9.97. The number of benzene rings is 2. The van der Waals surface area contributed by atoms with Crippen molar-refractivity contribution >= 4 is 23.1 Å². The van der Waals surface area contributed by atoms with Gasteiger partial charge in [-0.3, -0.25) is 19.5 Å². The molecule has 0 radical (unpaired) electrons. The number of hydrogen-bond donors (Lipinski definition) is 1. The lowest BCUT2D eigenvalue weighted by Gasteiger charge is -2.25. The van der Waals surface area contributed by atoms with E-state index < -0.39 is 17.7 Å². The highest BCUT2D eigenvalue weighted by molar-refractivity contribution is 6.51. The summed E-state index contributed by atoms with van der Waals surface area (Å²) in [6.45, 7) is 4.17. The van der Waals surface area contributed by atoms with Gasteiger partial charge >= 0.3 is 0 Å². The number of hydrogen-bond acceptors (Lipinski definition) is 5. The van der Waals surface area contributed by atoms with Crippen molar-refractivity contribution in [3.63, 3.8) is 0 Å². The number of ketones is 1. The van der Waals surface area contributed by atoms with Crippen molar-refractivity contribution in [2.45, 2.75) is 25.8 Å². The lowest BCUT2D eigenvalue weighted by Crippen LogP contribution is -2.29. The highest BCUT2D eigenvalue weighted by atomic mass is 16.5. The molecule has 2 aromatic carbocycles. The van der Waals surface area contributed by atoms with Crippen molar-refractivity contribution in [1.29, 1.82) is 0 Å². The molecule has 32 heavy (non-hydrogen) atoms. The van der Waals surface area contributed by atoms with Gasteiger partial charge in [-0.15, -0.1) is 0 Å². The van der Waals surface area contributed by atoms with E-state index in [1.165, 1.54) is 12.0 Å². The summed E-state index contributed by atoms with van der Waals surface area (Å²) in [7, 11) is 1.48. The molecule has 1 fully saturated rings. The van der Waals surface area contributed by atoms with Crippen molar-refractivity contribution in [2.75, 3.05) is 12.0 Å². The number of nitrogens with zero attached hydrogens (tertiary/aromatic N) is 2. The largest absolute Gasteiger partial charge is 0.507 e. The first kappa shape index (κ1) is 21.3. The van der Waals surface area contributed by atoms with Crippen molar-refractivity contribution in [3.05, 3.63) is 95.3 Å². The molecule has 1 aliphatic heterocycles. The molecule has 1 aromatic heterocycles. The van der Waals surface area contributed by atoms with Gasteiger partial charge in [0, 0.05) is 11.9 Å². The van der Waals surface area contributed by atoms with Crippen LogP contribution < -0.4 is 9.64 Å². The van der Waals surface area contributed by atoms with E-state index in [2.05, 4.69) is 18.8 Å². The number of para-hydroxylation sites is 1. The van der Waals surface area contributed by atoms with E-state index in [0.717, 1.165) is 5.56 Å². The molecule has 0 saturated carbocycles. The predicted molar refractivity (Wildman–Crippen MR) is 123 cm³/mol. The van der Waals surface area contributed by atoms with E-state index in [1.807, 2.05) is 24.3 Å². The Balaban J connectivity index is 1.92. The smallest absolute Gasteiger partial charge is 0.300 e. The number of anilines is 1. The summed E-state index contributed by atoms with van der Waals surface area (Å²) >= 11 is 0. The third kappa shape index (κ3) is 3.64. The van der Waals surface area contributed by atoms with Gasteiger partial charge < -0.3 is 9.84 Å². The number of aliphatic hydroxyl groups is 1. The summed E-state index contributed by atoms with van der Waals surface area (Å²) in [4.78, 5) is 32.2. The Morgan fingerprint density at radius 3 is 2.31 bits per heavy atom. The molecule has 6 heteroatoms. The van der Waals surface area contributed by atoms with Crippen molar-refractivity contribution in [2.24, 2.45) is 0 Å². The quantitative estimate of drug-likeness (QED) is 0.357. The summed E-state index contributed by atoms with van der Waals surface area (Å²) in [5.74, 6) is -1.04. The summed E-state index contributed by atoms with van der Waals surface area (Å²) in [5, 5.41) is 11.2. The molecule has 0 aliphatic carbocycles. The van der Waals surface area contributed by atoms with Gasteiger partial charge in [-0.25, -0.2) is 0 Å². The average molecular weight is 428 g/mol. The van der Waals surface area contributed by atoms with E-state index in [4.69, 9.17) is 4.74 Å². The van der Waals surface area contributed by atoms with Crippen LogP contribution in [0.25, 0.3) is 5.76 Å². The fourth-order valence-electron chi connectivity index (χ4n) is 3.92. The van der Waals surface area contributed by atoms with Crippen LogP contribution in [-0.4, -0.2) is 28.9 Å². The average Bonchev–Trinajstić information content (AvgIpc) is 3.09. The number of amides is 1. The molecule has 3 aromatic rings. The van der Waals surface area contributed by atoms with E-state index >= 15 is 0 Å². The molecule has 1 N–H and O–H groups in total. The van der Waals surface area contributed by atoms with Crippen LogP contribution in [0.5, 0.6) is 5.75 Å². The first-order chi connectivity index (χ1) is 15.4. The number of pyridine rings is 1. The molecule has 1 unspecified atom stereocenters. The van der Waals surface area contributed by atoms with Crippen LogP contribution >= 0.6 is 0 Å². The van der Waals surface area contributed by atoms with Crippen molar-refractivity contribution in [1.82, 2.24) is 4.98 Å². The van der Waals surface area contributed by atoms with E-state index in [0.29, 0.717) is 28.6 Å². The van der Waals surface area contributed by atoms with Crippen LogP contribution in [0.3, 0.4) is 0 Å². The zero-order valence-electron chi connectivity index (χ0n) is 18.1. The molecule has 1 aliphatic rings. The van der Waals surface area contributed by atoms with Crippen LogP contribution in [-0.2, 0) is 9.59 Å². The van der Waals surface area contributed by atoms with E-state index in [1.54, 1.807) is 48.7 Å². The van der Waals surface area contributed by atoms with Gasteiger partial charge in [0.15, 0.2) is 0 Å². The molecule has 0 bridgehead atoms. The number of ether oxygens (including phenoxy) is 1. The third-order valence-electron chi connectivity index (χ3n) is 5.61. The first-order valence-corrected chi connectivity index (χ1v) is 10.4. The summed E-state index contributed by atoms with van der Waals surface area (Å²) in [6, 6.07) is 18.8. The SMILES string of the molecule is COc1ccccc1/C(O)=C1/C(=O)C(=O)N(c2ccc(C(C)C)cc2)C1c1ccccn1. The van der Waals surface area contributed by atoms with E-state index in [9.17, 15) is 14.7 Å². The molecule has 2 heterocycles. The molecular weight excluding hydrogens is 404 g/mol. The van der Waals surface area contributed by atoms with E-state index in [-0.39, 0.29) is 11.3 Å². The highest BCUT2D eigenvalue weighted by Crippen LogP contribution is 2.42. The van der Waals surface area contributed by atoms with Gasteiger partial charge in [0.1, 0.15) is 17.6 Å². The zero-order chi connectivity index (χ0) is 22.8. The molecule has 1 atom stereocenters. The number of aliphatic hydroxyl groups excluding tert-OH is 1. The van der Waals surface area contributed by atoms with Gasteiger partial charge in [0.25, 0.3) is 11.7 Å². The Morgan fingerprint density at radius 1 is 1.00 bits per heavy atom. The fraction of sp³-hybridized carbons (Fsp3) is 0.192. The number of carbonyl (C=O) groups is 2. The maximum atomic E-state index is 13.2. The Kier molecular flexibility index (Phi) is 5.77. The second kappa shape index (κ2) is 8.67. The minimum Gasteiger partial charge on any atom is -0.507 e. The maximum Gasteiger partial charge on any atom is 0.300 e. The number of aromatic nitrogens is 1. The van der Waals surface area contributed by atoms with Gasteiger partial charge in [0.05, 0.1) is 23.9 Å². The number of methoxy groups -OCH3 is 1. The van der Waals surface area contributed by atoms with Crippen LogP contribution in [0.4, 0.5) is 5.69 Å². The Labute approximate surface area is 186 Å². The predicted octanol–water partition coefficient (Wildman–Crippen LogP) is 4.84. The Bertz CT molecular complexity index is 1180. The standard InChI is InChI=1S/C26H24N2O4/c1-16(2)17-11-13-18(14-12-17)28-23(20-9-6-7-15-27-20)22(25(30)26(28)31)24(29)19-8-4-5-10-21(19)32-3/h4-16,23,29H,1-3H3/b24-22-. The second-order valence-electron chi connectivity index (χ2n) is 7.87. The molecule has 162 valence electrons. The first-order valence-electron chi connectivity index (χ1n) is 10.4. The van der Waals surface area contributed by atoms with Gasteiger partial charge in [-0.1, -0.05) is 44.2 Å². The summed E-state index contributed by atoms with van der Waals surface area (Å²) in [5.41, 5.74) is 2.48. The number of rotatable bonds is 5. The van der Waals surface area contributed by atoms with Gasteiger partial charge in [0.2, 0.25) is 0 Å². The number of Topliss-reactive ketones (excluding diaryl/α,β-unsaturated/α-hetero) is 1. The fourth-order valence-corrected chi connectivity index (χ4v) is 3.92. The molecule has 6 nitrogen and oxygen atoms in total. The topological polar surface area (TPSA) is 79.7 Å². The molecule has 1 amide bonds. The Hall–Kier alpha value is -3.93. The monoisotopic (exact) mass is 428 g/mol. The normalized spacial score (nSPS) is 17.8. The molecule has 1 saturated heterocycles. The van der Waals surface area contributed by atoms with Gasteiger partial charge in [-0.2, -0.15) is 0 Å². The van der Waals surface area contributed by atoms with Crippen LogP contribution in [0.2, 0.25) is 0 Å². The van der Waals surface area contributed by atoms with Crippen LogP contribution in [0.15, 0.2) is 78.5 Å². The maximum absolute atomic E-state index is 13.2. The second-order valence-corrected chi connectivity index (χ2v) is 7.87. The third-order valence-corrected chi connectivity index (χ3v) is 5.61. The van der Waals surface area contributed by atoms with Crippen molar-refractivity contribution < 1.29 is 19.4 Å².